The molecule has 0 aliphatic heterocycles. The Kier molecular flexibility index (Phi) is 13.8. The molecule has 0 aliphatic rings. The van der Waals surface area contributed by atoms with Crippen molar-refractivity contribution in [2.45, 2.75) is 92.0 Å². The molecule has 0 aromatic carbocycles. The number of carbonyl (C=O) groups excluding carboxylic acids is 1. The van der Waals surface area contributed by atoms with Crippen LogP contribution in [0.3, 0.4) is 0 Å². The van der Waals surface area contributed by atoms with Crippen molar-refractivity contribution < 1.29 is 26.6 Å². The van der Waals surface area contributed by atoms with E-state index >= 15 is 0 Å². The number of rotatable bonds is 17. The zero-order chi connectivity index (χ0) is 22.6. The lowest BCUT2D eigenvalue weighted by Gasteiger charge is -2.40. The fourth-order valence-corrected chi connectivity index (χ4v) is 15.3. The summed E-state index contributed by atoms with van der Waals surface area (Å²) in [6.07, 6.45) is 5.21. The van der Waals surface area contributed by atoms with Gasteiger partial charge in [-0.25, -0.2) is 4.79 Å². The van der Waals surface area contributed by atoms with Gasteiger partial charge in [-0.1, -0.05) is 46.6 Å². The summed E-state index contributed by atoms with van der Waals surface area (Å²) in [5.41, 5.74) is 0.366. The molecule has 0 saturated carbocycles. The van der Waals surface area contributed by atoms with Crippen LogP contribution in [0.1, 0.15) is 59.8 Å². The first-order valence-corrected chi connectivity index (χ1v) is 18.8. The molecule has 0 saturated heterocycles. The topological polar surface area (TPSA) is 63.2 Å². The molecule has 0 bridgehead atoms. The van der Waals surface area contributed by atoms with Crippen LogP contribution in [0.4, 0.5) is 0 Å². The third-order valence-corrected chi connectivity index (χ3v) is 15.2. The maximum Gasteiger partial charge on any atom is 0.356 e. The van der Waals surface area contributed by atoms with Crippen molar-refractivity contribution in [1.82, 2.24) is 0 Å². The van der Waals surface area contributed by atoms with Gasteiger partial charge in [-0.05, 0) is 52.0 Å². The molecule has 0 fully saturated rings. The number of hydrogen-bond donors (Lipinski definition) is 0. The van der Waals surface area contributed by atoms with Gasteiger partial charge in [0.25, 0.3) is 0 Å². The summed E-state index contributed by atoms with van der Waals surface area (Å²) in [5, 5.41) is 0. The van der Waals surface area contributed by atoms with Crippen LogP contribution in [-0.4, -0.2) is 51.1 Å². The van der Waals surface area contributed by atoms with E-state index in [9.17, 15) is 4.79 Å². The summed E-state index contributed by atoms with van der Waals surface area (Å²) in [6, 6.07) is 0.871. The lowest BCUT2D eigenvalue weighted by molar-refractivity contribution is -0.137. The molecule has 0 N–H and O–H groups in total. The maximum atomic E-state index is 12.0. The molecule has 0 rings (SSSR count). The third kappa shape index (κ3) is 12.9. The molecular weight excluding hydrogens is 420 g/mol. The van der Waals surface area contributed by atoms with Crippen molar-refractivity contribution in [3.8, 4) is 0 Å². The number of esters is 1. The Hall–Kier alpha value is -0.299. The predicted octanol–water partition coefficient (Wildman–Crippen LogP) is 5.57. The average molecular weight is 465 g/mol. The summed E-state index contributed by atoms with van der Waals surface area (Å²) < 4.78 is 31.0. The lowest BCUT2D eigenvalue weighted by atomic mass is 10.4. The van der Waals surface area contributed by atoms with Gasteiger partial charge in [-0.15, -0.1) is 0 Å². The van der Waals surface area contributed by atoms with Crippen LogP contribution >= 0.6 is 0 Å². The van der Waals surface area contributed by atoms with Gasteiger partial charge in [-0.2, -0.15) is 0 Å². The first kappa shape index (κ1) is 28.7. The Morgan fingerprint density at radius 1 is 0.828 bits per heavy atom. The van der Waals surface area contributed by atoms with Crippen molar-refractivity contribution in [3.63, 3.8) is 0 Å². The Morgan fingerprint density at radius 2 is 1.38 bits per heavy atom. The van der Waals surface area contributed by atoms with Crippen LogP contribution in [-0.2, 0) is 26.6 Å². The second kappa shape index (κ2) is 13.9. The minimum absolute atomic E-state index is 0.107. The standard InChI is InChI=1S/C20H44O6Si3/c1-10-13-15-23-27(6,7)25-29(9,18-22-20(21)19(4)5)26-28(8,17-12-3)24-16-14-11-2/h4,10-18H2,1-3,5-9H3. The number of hydrogen-bond acceptors (Lipinski definition) is 6. The van der Waals surface area contributed by atoms with Gasteiger partial charge >= 0.3 is 31.7 Å². The van der Waals surface area contributed by atoms with E-state index in [1.165, 1.54) is 0 Å². The van der Waals surface area contributed by atoms with E-state index in [-0.39, 0.29) is 6.23 Å². The van der Waals surface area contributed by atoms with E-state index < -0.39 is 31.7 Å². The summed E-state index contributed by atoms with van der Waals surface area (Å²) in [7, 11) is -7.81. The minimum Gasteiger partial charge on any atom is -0.460 e. The van der Waals surface area contributed by atoms with Crippen LogP contribution in [0.25, 0.3) is 0 Å². The SMILES string of the molecule is C=C(C)C(=O)OC[Si](C)(O[Si](C)(C)OCCCC)O[Si](C)(CCC)OCCCC. The fraction of sp³-hybridized carbons (Fsp3) is 0.850. The van der Waals surface area contributed by atoms with E-state index in [1.807, 2.05) is 19.6 Å². The highest BCUT2D eigenvalue weighted by Gasteiger charge is 2.48. The highest BCUT2D eigenvalue weighted by molar-refractivity contribution is 6.85. The zero-order valence-corrected chi connectivity index (χ0v) is 23.0. The monoisotopic (exact) mass is 464 g/mol. The predicted molar refractivity (Wildman–Crippen MR) is 125 cm³/mol. The Balaban J connectivity index is 5.45. The molecule has 0 aromatic heterocycles. The lowest BCUT2D eigenvalue weighted by Crippen LogP contribution is -2.60. The number of carbonyl (C=O) groups is 1. The van der Waals surface area contributed by atoms with Crippen LogP contribution < -0.4 is 0 Å². The first-order chi connectivity index (χ1) is 13.4. The van der Waals surface area contributed by atoms with E-state index in [2.05, 4.69) is 33.9 Å². The average Bonchev–Trinajstić information content (AvgIpc) is 2.59. The molecule has 172 valence electrons. The highest BCUT2D eigenvalue weighted by atomic mass is 28.5. The van der Waals surface area contributed by atoms with Crippen LogP contribution in [0.15, 0.2) is 12.2 Å². The van der Waals surface area contributed by atoms with Gasteiger partial charge in [-0.3, -0.25) is 0 Å². The van der Waals surface area contributed by atoms with Gasteiger partial charge in [0.15, 0.2) is 0 Å². The van der Waals surface area contributed by atoms with E-state index in [4.69, 9.17) is 21.8 Å². The molecule has 0 spiro atoms. The molecule has 0 aliphatic carbocycles. The fourth-order valence-electron chi connectivity index (χ4n) is 2.91. The number of ether oxygens (including phenoxy) is 1. The molecule has 9 heteroatoms. The highest BCUT2D eigenvalue weighted by Crippen LogP contribution is 2.26. The summed E-state index contributed by atoms with van der Waals surface area (Å²) in [5.74, 6) is -0.423. The largest absolute Gasteiger partial charge is 0.460 e. The van der Waals surface area contributed by atoms with Crippen molar-refractivity contribution in [1.29, 1.82) is 0 Å². The van der Waals surface area contributed by atoms with Gasteiger partial charge in [0.1, 0.15) is 6.23 Å². The summed E-state index contributed by atoms with van der Waals surface area (Å²) in [6.45, 7) is 21.2. The third-order valence-electron chi connectivity index (χ3n) is 4.26. The van der Waals surface area contributed by atoms with E-state index in [0.717, 1.165) is 38.1 Å². The number of unbranched alkanes of at least 4 members (excludes halogenated alkanes) is 2. The zero-order valence-electron chi connectivity index (χ0n) is 20.0. The summed E-state index contributed by atoms with van der Waals surface area (Å²) >= 11 is 0. The smallest absolute Gasteiger partial charge is 0.356 e. The van der Waals surface area contributed by atoms with Gasteiger partial charge in [0.05, 0.1) is 0 Å². The minimum atomic E-state index is -2.90. The molecule has 2 atom stereocenters. The van der Waals surface area contributed by atoms with Gasteiger partial charge < -0.3 is 21.8 Å². The Labute approximate surface area is 182 Å². The van der Waals surface area contributed by atoms with E-state index in [0.29, 0.717) is 18.8 Å². The van der Waals surface area contributed by atoms with E-state index in [1.54, 1.807) is 6.92 Å². The molecule has 2 unspecified atom stereocenters. The molecule has 29 heavy (non-hydrogen) atoms. The molecular formula is C20H44O6Si3. The molecule has 0 amide bonds. The van der Waals surface area contributed by atoms with Crippen molar-refractivity contribution in [2.75, 3.05) is 19.4 Å². The molecule has 0 heterocycles. The Bertz CT molecular complexity index is 503. The van der Waals surface area contributed by atoms with Crippen LogP contribution in [0.5, 0.6) is 0 Å². The second-order valence-electron chi connectivity index (χ2n) is 8.38. The quantitative estimate of drug-likeness (QED) is 0.121. The van der Waals surface area contributed by atoms with Crippen molar-refractivity contribution >= 4 is 31.7 Å². The van der Waals surface area contributed by atoms with Gasteiger partial charge in [0, 0.05) is 18.8 Å². The summed E-state index contributed by atoms with van der Waals surface area (Å²) in [4.78, 5) is 12.0. The normalized spacial score (nSPS) is 16.1. The maximum absolute atomic E-state index is 12.0. The molecule has 6 nitrogen and oxygen atoms in total. The first-order valence-electron chi connectivity index (χ1n) is 10.9. The van der Waals surface area contributed by atoms with Crippen LogP contribution in [0, 0.1) is 0 Å². The molecule has 0 radical (unpaired) electrons. The van der Waals surface area contributed by atoms with Crippen molar-refractivity contribution in [3.05, 3.63) is 12.2 Å². The second-order valence-corrected chi connectivity index (χ2v) is 18.7. The van der Waals surface area contributed by atoms with Crippen LogP contribution in [0.2, 0.25) is 32.2 Å². The molecule has 0 aromatic rings. The van der Waals surface area contributed by atoms with Gasteiger partial charge in [0.2, 0.25) is 0 Å². The Morgan fingerprint density at radius 3 is 1.86 bits per heavy atom. The van der Waals surface area contributed by atoms with Crippen molar-refractivity contribution in [2.24, 2.45) is 0 Å².